The monoisotopic (exact) mass is 503 g/mol. The van der Waals surface area contributed by atoms with E-state index in [-0.39, 0.29) is 17.1 Å². The summed E-state index contributed by atoms with van der Waals surface area (Å²) in [5, 5.41) is 0. The number of amidine groups is 1. The van der Waals surface area contributed by atoms with Gasteiger partial charge in [0.15, 0.2) is 0 Å². The molecule has 1 saturated heterocycles. The fraction of sp³-hybridized carbons (Fsp3) is 0.593. The summed E-state index contributed by atoms with van der Waals surface area (Å²) < 4.78 is 39.2. The van der Waals surface area contributed by atoms with Crippen LogP contribution in [0.15, 0.2) is 52.2 Å². The van der Waals surface area contributed by atoms with Gasteiger partial charge in [0.25, 0.3) is 0 Å². The first kappa shape index (κ1) is 26.4. The number of halogens is 3. The standard InChI is InChI=1S/C27H36F3N5O/c1-20(17-32-23(31-2)27(28,29)30)34-19-25(35(24(34)36)18-21-9-8-10-21)13-15-26(16-14-25,33(3)4)22-11-6-5-7-12-22/h5-7,11-12,17,21H,2,8-10,13-16,18-19H2,1,3-4H3/b20-17+,32-23-/t25-,26+. The van der Waals surface area contributed by atoms with Gasteiger partial charge in [-0.3, -0.25) is 9.80 Å². The quantitative estimate of drug-likeness (QED) is 0.363. The highest BCUT2D eigenvalue weighted by atomic mass is 19.4. The first-order valence-corrected chi connectivity index (χ1v) is 12.6. The molecule has 0 radical (unpaired) electrons. The molecule has 6 nitrogen and oxygen atoms in total. The summed E-state index contributed by atoms with van der Waals surface area (Å²) in [4.78, 5) is 26.1. The first-order chi connectivity index (χ1) is 17.0. The van der Waals surface area contributed by atoms with Crippen LogP contribution < -0.4 is 0 Å². The van der Waals surface area contributed by atoms with Crippen molar-refractivity contribution in [2.24, 2.45) is 15.9 Å². The van der Waals surface area contributed by atoms with Gasteiger partial charge in [0.2, 0.25) is 5.84 Å². The highest BCUT2D eigenvalue weighted by molar-refractivity contribution is 5.91. The molecule has 4 rings (SSSR count). The van der Waals surface area contributed by atoms with E-state index >= 15 is 0 Å². The Bertz CT molecular complexity index is 1020. The molecule has 0 aromatic heterocycles. The number of urea groups is 1. The lowest BCUT2D eigenvalue weighted by molar-refractivity contribution is -0.0596. The molecule has 0 atom stereocenters. The number of nitrogens with zero attached hydrogens (tertiary/aromatic N) is 5. The maximum Gasteiger partial charge on any atom is 0.451 e. The molecule has 1 spiro atoms. The van der Waals surface area contributed by atoms with Crippen LogP contribution in [-0.2, 0) is 5.54 Å². The molecule has 0 N–H and O–H groups in total. The van der Waals surface area contributed by atoms with E-state index in [1.165, 1.54) is 12.0 Å². The van der Waals surface area contributed by atoms with Gasteiger partial charge < -0.3 is 4.90 Å². The summed E-state index contributed by atoms with van der Waals surface area (Å²) in [5.41, 5.74) is 1.20. The van der Waals surface area contributed by atoms with E-state index in [9.17, 15) is 18.0 Å². The third-order valence-electron chi connectivity index (χ3n) is 8.53. The number of hydrogen-bond acceptors (Lipinski definition) is 3. The molecule has 1 aromatic rings. The Kier molecular flexibility index (Phi) is 7.33. The molecule has 2 amide bonds. The van der Waals surface area contributed by atoms with Gasteiger partial charge in [0.1, 0.15) is 0 Å². The fourth-order valence-electron chi connectivity index (χ4n) is 6.00. The van der Waals surface area contributed by atoms with Crippen LogP contribution in [0.2, 0.25) is 0 Å². The number of alkyl halides is 3. The second kappa shape index (κ2) is 10.00. The summed E-state index contributed by atoms with van der Waals surface area (Å²) in [6.07, 6.45) is 3.26. The Labute approximate surface area is 211 Å². The van der Waals surface area contributed by atoms with Crippen LogP contribution in [0, 0.1) is 5.92 Å². The lowest BCUT2D eigenvalue weighted by atomic mass is 9.68. The van der Waals surface area contributed by atoms with Crippen LogP contribution in [0.25, 0.3) is 0 Å². The van der Waals surface area contributed by atoms with Crippen LogP contribution in [0.4, 0.5) is 18.0 Å². The van der Waals surface area contributed by atoms with Gasteiger partial charge >= 0.3 is 12.2 Å². The Balaban J connectivity index is 1.62. The van der Waals surface area contributed by atoms with Crippen LogP contribution in [0.5, 0.6) is 0 Å². The number of carbonyl (C=O) groups excluding carboxylic acids is 1. The molecule has 1 heterocycles. The Morgan fingerprint density at radius 1 is 1.17 bits per heavy atom. The van der Waals surface area contributed by atoms with Crippen LogP contribution in [0.1, 0.15) is 57.4 Å². The predicted octanol–water partition coefficient (Wildman–Crippen LogP) is 5.82. The molecule has 2 saturated carbocycles. The molecule has 2 aliphatic carbocycles. The van der Waals surface area contributed by atoms with Crippen molar-refractivity contribution in [3.05, 3.63) is 47.8 Å². The third-order valence-corrected chi connectivity index (χ3v) is 8.53. The molecule has 3 fully saturated rings. The van der Waals surface area contributed by atoms with Crippen LogP contribution in [0.3, 0.4) is 0 Å². The maximum atomic E-state index is 13.7. The summed E-state index contributed by atoms with van der Waals surface area (Å²) in [7, 11) is 4.22. The molecule has 3 aliphatic rings. The van der Waals surface area contributed by atoms with E-state index in [2.05, 4.69) is 60.0 Å². The van der Waals surface area contributed by atoms with Gasteiger partial charge in [-0.2, -0.15) is 13.2 Å². The van der Waals surface area contributed by atoms with Gasteiger partial charge in [0, 0.05) is 24.0 Å². The Morgan fingerprint density at radius 2 is 1.81 bits per heavy atom. The number of aliphatic imine (C=N–C) groups is 2. The van der Waals surface area contributed by atoms with E-state index in [1.54, 1.807) is 11.8 Å². The number of rotatable bonds is 6. The van der Waals surface area contributed by atoms with Crippen molar-refractivity contribution < 1.29 is 18.0 Å². The minimum Gasteiger partial charge on any atom is -0.317 e. The second-order valence-corrected chi connectivity index (χ2v) is 10.7. The first-order valence-electron chi connectivity index (χ1n) is 12.6. The number of benzene rings is 1. The molecule has 0 unspecified atom stereocenters. The molecule has 1 aromatic carbocycles. The van der Waals surface area contributed by atoms with Gasteiger partial charge in [0.05, 0.1) is 12.1 Å². The molecule has 9 heteroatoms. The summed E-state index contributed by atoms with van der Waals surface area (Å²) in [6.45, 7) is 5.77. The SMILES string of the molecule is C=N/C(=N\C=C(/C)N1C[C@]2(CC[C@](c3ccccc3)(N(C)C)CC2)N(CC2CCC2)C1=O)C(F)(F)F. The number of carbonyl (C=O) groups is 1. The summed E-state index contributed by atoms with van der Waals surface area (Å²) in [6, 6.07) is 10.4. The van der Waals surface area contributed by atoms with E-state index in [4.69, 9.17) is 0 Å². The Morgan fingerprint density at radius 3 is 2.31 bits per heavy atom. The molecule has 1 aliphatic heterocycles. The topological polar surface area (TPSA) is 51.5 Å². The zero-order valence-electron chi connectivity index (χ0n) is 21.4. The minimum atomic E-state index is -4.69. The van der Waals surface area contributed by atoms with Gasteiger partial charge in [-0.1, -0.05) is 36.8 Å². The molecule has 36 heavy (non-hydrogen) atoms. The van der Waals surface area contributed by atoms with Crippen molar-refractivity contribution in [2.75, 3.05) is 27.2 Å². The van der Waals surface area contributed by atoms with Crippen molar-refractivity contribution in [1.82, 2.24) is 14.7 Å². The molecular weight excluding hydrogens is 467 g/mol. The zero-order valence-corrected chi connectivity index (χ0v) is 21.4. The minimum absolute atomic E-state index is 0.114. The average Bonchev–Trinajstić information content (AvgIpc) is 3.08. The smallest absolute Gasteiger partial charge is 0.317 e. The molecule has 196 valence electrons. The number of allylic oxidation sites excluding steroid dienone is 1. The number of amides is 2. The van der Waals surface area contributed by atoms with Gasteiger partial charge in [-0.25, -0.2) is 14.8 Å². The van der Waals surface area contributed by atoms with Crippen molar-refractivity contribution in [2.45, 2.75) is 69.1 Å². The van der Waals surface area contributed by atoms with Crippen molar-refractivity contribution in [3.8, 4) is 0 Å². The largest absolute Gasteiger partial charge is 0.451 e. The van der Waals surface area contributed by atoms with E-state index in [0.29, 0.717) is 24.7 Å². The Hall–Kier alpha value is -2.68. The van der Waals surface area contributed by atoms with Crippen LogP contribution in [-0.4, -0.2) is 72.2 Å². The second-order valence-electron chi connectivity index (χ2n) is 10.7. The molecular formula is C27H36F3N5O. The lowest BCUT2D eigenvalue weighted by Crippen LogP contribution is -2.56. The molecule has 0 bridgehead atoms. The van der Waals surface area contributed by atoms with Crippen molar-refractivity contribution >= 4 is 18.6 Å². The van der Waals surface area contributed by atoms with E-state index in [1.807, 2.05) is 11.0 Å². The predicted molar refractivity (Wildman–Crippen MR) is 136 cm³/mol. The number of hydrogen-bond donors (Lipinski definition) is 0. The normalized spacial score (nSPS) is 28.2. The highest BCUT2D eigenvalue weighted by Gasteiger charge is 2.55. The lowest BCUT2D eigenvalue weighted by Gasteiger charge is -2.51. The fourth-order valence-corrected chi connectivity index (χ4v) is 6.00. The van der Waals surface area contributed by atoms with Crippen molar-refractivity contribution in [3.63, 3.8) is 0 Å². The van der Waals surface area contributed by atoms with Gasteiger partial charge in [-0.05, 0) is 77.7 Å². The van der Waals surface area contributed by atoms with Gasteiger partial charge in [-0.15, -0.1) is 0 Å². The van der Waals surface area contributed by atoms with E-state index in [0.717, 1.165) is 44.7 Å². The zero-order chi connectivity index (χ0) is 26.1. The summed E-state index contributed by atoms with van der Waals surface area (Å²) in [5.74, 6) is -0.824. The highest BCUT2D eigenvalue weighted by Crippen LogP contribution is 2.50. The summed E-state index contributed by atoms with van der Waals surface area (Å²) >= 11 is 0. The average molecular weight is 504 g/mol. The maximum absolute atomic E-state index is 13.7. The van der Waals surface area contributed by atoms with Crippen molar-refractivity contribution in [1.29, 1.82) is 0 Å². The van der Waals surface area contributed by atoms with Crippen LogP contribution >= 0.6 is 0 Å². The van der Waals surface area contributed by atoms with E-state index < -0.39 is 12.0 Å². The third kappa shape index (κ3) is 4.82.